The van der Waals surface area contributed by atoms with Crippen LogP contribution in [0, 0.1) is 0 Å². The molecule has 0 amide bonds. The van der Waals surface area contributed by atoms with Crippen LogP contribution >= 0.6 is 0 Å². The quantitative estimate of drug-likeness (QED) is 0.753. The number of carbonyl (C=O) groups is 2. The van der Waals surface area contributed by atoms with E-state index in [1.165, 1.54) is 13.2 Å². The van der Waals surface area contributed by atoms with E-state index in [4.69, 9.17) is 9.47 Å². The lowest BCUT2D eigenvalue weighted by Gasteiger charge is -2.28. The van der Waals surface area contributed by atoms with Crippen molar-refractivity contribution in [3.8, 4) is 11.5 Å². The Labute approximate surface area is 164 Å². The third kappa shape index (κ3) is 2.83. The van der Waals surface area contributed by atoms with Crippen molar-refractivity contribution in [1.29, 1.82) is 0 Å². The van der Waals surface area contributed by atoms with Crippen LogP contribution in [-0.4, -0.2) is 41.6 Å². The summed E-state index contributed by atoms with van der Waals surface area (Å²) in [5, 5.41) is 19.9. The largest absolute Gasteiger partial charge is 0.507 e. The molecule has 6 heteroatoms. The fraction of sp³-hybridized carbons (Fsp3) is 0.455. The van der Waals surface area contributed by atoms with Crippen LogP contribution in [0.1, 0.15) is 66.8 Å². The van der Waals surface area contributed by atoms with Crippen LogP contribution in [0.15, 0.2) is 29.0 Å². The molecule has 0 bridgehead atoms. The van der Waals surface area contributed by atoms with Crippen LogP contribution in [0.2, 0.25) is 0 Å². The van der Waals surface area contributed by atoms with E-state index in [9.17, 15) is 19.8 Å². The van der Waals surface area contributed by atoms with Crippen molar-refractivity contribution < 1.29 is 29.3 Å². The number of aliphatic hydroxyl groups excluding tert-OH is 1. The Morgan fingerprint density at radius 2 is 2.04 bits per heavy atom. The number of hydrogen-bond acceptors (Lipinski definition) is 6. The van der Waals surface area contributed by atoms with Gasteiger partial charge in [-0.25, -0.2) is 0 Å². The van der Waals surface area contributed by atoms with Gasteiger partial charge in [-0.3, -0.25) is 9.59 Å². The second-order valence-corrected chi connectivity index (χ2v) is 7.76. The molecule has 150 valence electrons. The summed E-state index contributed by atoms with van der Waals surface area (Å²) in [7, 11) is 1.35. The number of hydrogen-bond donors (Lipinski definition) is 2. The number of rotatable bonds is 5. The Morgan fingerprint density at radius 3 is 2.64 bits per heavy atom. The van der Waals surface area contributed by atoms with Gasteiger partial charge in [0.2, 0.25) is 5.78 Å². The summed E-state index contributed by atoms with van der Waals surface area (Å²) in [6.07, 6.45) is 3.01. The molecule has 3 rings (SSSR count). The number of carbonyl (C=O) groups excluding carboxylic acids is 2. The van der Waals surface area contributed by atoms with Crippen molar-refractivity contribution in [2.24, 2.45) is 0 Å². The first-order valence-corrected chi connectivity index (χ1v) is 9.35. The Bertz CT molecular complexity index is 923. The Balaban J connectivity index is 2.13. The van der Waals surface area contributed by atoms with Crippen molar-refractivity contribution >= 4 is 11.6 Å². The van der Waals surface area contributed by atoms with E-state index in [1.54, 1.807) is 6.92 Å². The number of fused-ring (bicyclic) bond motifs is 3. The third-order valence-electron chi connectivity index (χ3n) is 5.99. The number of aromatic hydroxyl groups is 1. The van der Waals surface area contributed by atoms with E-state index in [2.05, 4.69) is 0 Å². The zero-order valence-electron chi connectivity index (χ0n) is 16.9. The fourth-order valence-electron chi connectivity index (χ4n) is 4.07. The van der Waals surface area contributed by atoms with Gasteiger partial charge in [-0.2, -0.15) is 0 Å². The molecular formula is C22H26O6. The molecule has 0 radical (unpaired) electrons. The van der Waals surface area contributed by atoms with Gasteiger partial charge in [-0.05, 0) is 39.7 Å². The number of ketones is 2. The summed E-state index contributed by atoms with van der Waals surface area (Å²) in [4.78, 5) is 25.7. The number of benzene rings is 1. The molecule has 28 heavy (non-hydrogen) atoms. The summed E-state index contributed by atoms with van der Waals surface area (Å²) in [5.41, 5.74) is 1.44. The number of Topliss-reactive ketones (excluding diaryl/α,β-unsaturated/α-hetero) is 2. The molecule has 0 aromatic heterocycles. The van der Waals surface area contributed by atoms with E-state index in [1.807, 2.05) is 26.8 Å². The highest BCUT2D eigenvalue weighted by atomic mass is 16.5. The summed E-state index contributed by atoms with van der Waals surface area (Å²) in [5.74, 6) is -0.523. The topological polar surface area (TPSA) is 93.1 Å². The minimum atomic E-state index is -0.539. The summed E-state index contributed by atoms with van der Waals surface area (Å²) in [6, 6.07) is 1.36. The number of methoxy groups -OCH3 is 1. The Hall–Kier alpha value is -2.60. The molecule has 2 N–H and O–H groups in total. The van der Waals surface area contributed by atoms with Gasteiger partial charge in [0.25, 0.3) is 0 Å². The molecule has 2 unspecified atom stereocenters. The second kappa shape index (κ2) is 7.09. The average molecular weight is 386 g/mol. The number of phenolic OH excluding ortho intramolecular Hbond substituents is 1. The van der Waals surface area contributed by atoms with E-state index >= 15 is 0 Å². The standard InChI is InChI=1S/C22H26O6/c1-11(10-23)7-6-8-22(4)13(3)28-21-16-14(9-15(24)17(21)22)19(26)20(27-5)12(2)18(16)25/h7,9,13,23-24H,6,8,10H2,1-5H3. The fourth-order valence-corrected chi connectivity index (χ4v) is 4.07. The van der Waals surface area contributed by atoms with E-state index < -0.39 is 11.2 Å². The van der Waals surface area contributed by atoms with Gasteiger partial charge in [0.1, 0.15) is 17.6 Å². The second-order valence-electron chi connectivity index (χ2n) is 7.76. The zero-order chi connectivity index (χ0) is 20.8. The number of phenols is 1. The molecule has 1 aliphatic heterocycles. The predicted molar refractivity (Wildman–Crippen MR) is 104 cm³/mol. The van der Waals surface area contributed by atoms with Crippen LogP contribution in [0.3, 0.4) is 0 Å². The molecule has 0 saturated carbocycles. The van der Waals surface area contributed by atoms with Gasteiger partial charge in [-0.15, -0.1) is 0 Å². The maximum atomic E-state index is 13.0. The molecule has 1 aliphatic carbocycles. The lowest BCUT2D eigenvalue weighted by atomic mass is 9.73. The molecule has 6 nitrogen and oxygen atoms in total. The van der Waals surface area contributed by atoms with E-state index in [-0.39, 0.29) is 46.7 Å². The molecular weight excluding hydrogens is 360 g/mol. The van der Waals surface area contributed by atoms with Gasteiger partial charge in [0.15, 0.2) is 11.5 Å². The molecule has 1 aromatic rings. The minimum absolute atomic E-state index is 0.00215. The maximum Gasteiger partial charge on any atom is 0.228 e. The molecule has 1 aromatic carbocycles. The van der Waals surface area contributed by atoms with E-state index in [0.717, 1.165) is 5.57 Å². The summed E-state index contributed by atoms with van der Waals surface area (Å²) in [6.45, 7) is 7.29. The molecule has 0 saturated heterocycles. The first-order valence-electron chi connectivity index (χ1n) is 9.35. The predicted octanol–water partition coefficient (Wildman–Crippen LogP) is 3.45. The lowest BCUT2D eigenvalue weighted by molar-refractivity contribution is 0.0902. The van der Waals surface area contributed by atoms with Crippen molar-refractivity contribution in [2.45, 2.75) is 52.1 Å². The zero-order valence-corrected chi connectivity index (χ0v) is 16.9. The summed E-state index contributed by atoms with van der Waals surface area (Å²) >= 11 is 0. The van der Waals surface area contributed by atoms with Crippen molar-refractivity contribution in [3.63, 3.8) is 0 Å². The van der Waals surface area contributed by atoms with Crippen LogP contribution in [0.4, 0.5) is 0 Å². The Morgan fingerprint density at radius 1 is 1.36 bits per heavy atom. The minimum Gasteiger partial charge on any atom is -0.507 e. The first kappa shape index (κ1) is 20.1. The van der Waals surface area contributed by atoms with Crippen LogP contribution in [0.5, 0.6) is 11.5 Å². The molecule has 2 atom stereocenters. The van der Waals surface area contributed by atoms with Gasteiger partial charge in [0.05, 0.1) is 19.3 Å². The molecule has 0 spiro atoms. The Kier molecular flexibility index (Phi) is 5.10. The average Bonchev–Trinajstić information content (AvgIpc) is 2.91. The summed E-state index contributed by atoms with van der Waals surface area (Å²) < 4.78 is 11.2. The smallest absolute Gasteiger partial charge is 0.228 e. The highest BCUT2D eigenvalue weighted by Gasteiger charge is 2.48. The number of aliphatic hydroxyl groups is 1. The van der Waals surface area contributed by atoms with Crippen molar-refractivity contribution in [2.75, 3.05) is 13.7 Å². The molecule has 0 fully saturated rings. The highest BCUT2D eigenvalue weighted by Crippen LogP contribution is 2.53. The molecule has 1 heterocycles. The van der Waals surface area contributed by atoms with Crippen molar-refractivity contribution in [1.82, 2.24) is 0 Å². The number of ether oxygens (including phenoxy) is 2. The SMILES string of the molecule is COC1=C(C)C(=O)c2c(cc(O)c3c2OC(C)C3(C)CCC=C(C)CO)C1=O. The lowest BCUT2D eigenvalue weighted by Crippen LogP contribution is -2.32. The van der Waals surface area contributed by atoms with Crippen molar-refractivity contribution in [3.05, 3.63) is 45.7 Å². The monoisotopic (exact) mass is 386 g/mol. The maximum absolute atomic E-state index is 13.0. The highest BCUT2D eigenvalue weighted by molar-refractivity contribution is 6.27. The van der Waals surface area contributed by atoms with Gasteiger partial charge in [0, 0.05) is 22.1 Å². The first-order chi connectivity index (χ1) is 13.2. The van der Waals surface area contributed by atoms with E-state index in [0.29, 0.717) is 24.2 Å². The van der Waals surface area contributed by atoms with Crippen LogP contribution < -0.4 is 4.74 Å². The van der Waals surface area contributed by atoms with Gasteiger partial charge >= 0.3 is 0 Å². The van der Waals surface area contributed by atoms with Gasteiger partial charge < -0.3 is 19.7 Å². The van der Waals surface area contributed by atoms with Gasteiger partial charge in [-0.1, -0.05) is 18.6 Å². The van der Waals surface area contributed by atoms with Crippen LogP contribution in [-0.2, 0) is 10.2 Å². The molecule has 2 aliphatic rings. The third-order valence-corrected chi connectivity index (χ3v) is 5.99. The van der Waals surface area contributed by atoms with Crippen LogP contribution in [0.25, 0.3) is 0 Å². The normalized spacial score (nSPS) is 24.2. The number of allylic oxidation sites excluding steroid dienone is 3.